The molecule has 0 unspecified atom stereocenters. The van der Waals surface area contributed by atoms with E-state index >= 15 is 0 Å². The molecule has 1 aromatic heterocycles. The second-order valence-corrected chi connectivity index (χ2v) is 4.78. The van der Waals surface area contributed by atoms with Crippen molar-refractivity contribution in [1.29, 1.82) is 0 Å². The van der Waals surface area contributed by atoms with E-state index in [0.717, 1.165) is 43.2 Å². The lowest BCUT2D eigenvalue weighted by Gasteiger charge is -2.09. The summed E-state index contributed by atoms with van der Waals surface area (Å²) in [5, 5.41) is 7.85. The fourth-order valence-corrected chi connectivity index (χ4v) is 2.16. The summed E-state index contributed by atoms with van der Waals surface area (Å²) in [5.41, 5.74) is 2.29. The van der Waals surface area contributed by atoms with Crippen molar-refractivity contribution in [2.45, 2.75) is 26.4 Å². The smallest absolute Gasteiger partial charge is 0.160 e. The number of nitrogens with one attached hydrogen (secondary N) is 1. The van der Waals surface area contributed by atoms with Crippen LogP contribution in [0.4, 0.5) is 0 Å². The van der Waals surface area contributed by atoms with E-state index < -0.39 is 0 Å². The van der Waals surface area contributed by atoms with Gasteiger partial charge < -0.3 is 14.8 Å². The molecular formula is C16H24ClN3O2. The van der Waals surface area contributed by atoms with Crippen molar-refractivity contribution >= 4 is 12.4 Å². The Balaban J connectivity index is 0.00000242. The van der Waals surface area contributed by atoms with E-state index in [1.807, 2.05) is 29.1 Å². The molecule has 1 aromatic carbocycles. The summed E-state index contributed by atoms with van der Waals surface area (Å²) in [4.78, 5) is 0. The highest BCUT2D eigenvalue weighted by molar-refractivity contribution is 5.85. The van der Waals surface area contributed by atoms with E-state index in [2.05, 4.69) is 23.4 Å². The second-order valence-electron chi connectivity index (χ2n) is 4.78. The first-order valence-corrected chi connectivity index (χ1v) is 7.20. The number of methoxy groups -OCH3 is 2. The lowest BCUT2D eigenvalue weighted by molar-refractivity contribution is 0.354. The number of benzene rings is 1. The third-order valence-corrected chi connectivity index (χ3v) is 3.36. The molecule has 1 heterocycles. The van der Waals surface area contributed by atoms with Crippen molar-refractivity contribution < 1.29 is 9.47 Å². The SMILES string of the molecule is CCn1ccc(CNCCc2ccc(OC)c(OC)c2)n1.Cl. The highest BCUT2D eigenvalue weighted by atomic mass is 35.5. The van der Waals surface area contributed by atoms with Crippen molar-refractivity contribution in [2.24, 2.45) is 0 Å². The molecule has 0 amide bonds. The van der Waals surface area contributed by atoms with Gasteiger partial charge in [-0.05, 0) is 43.7 Å². The molecule has 6 heteroatoms. The molecule has 122 valence electrons. The van der Waals surface area contributed by atoms with Crippen LogP contribution in [0.5, 0.6) is 11.5 Å². The molecule has 0 fully saturated rings. The van der Waals surface area contributed by atoms with Crippen LogP contribution in [0.25, 0.3) is 0 Å². The zero-order valence-corrected chi connectivity index (χ0v) is 14.2. The number of aromatic nitrogens is 2. The molecule has 22 heavy (non-hydrogen) atoms. The van der Waals surface area contributed by atoms with E-state index in [0.29, 0.717) is 0 Å². The third kappa shape index (κ3) is 4.93. The monoisotopic (exact) mass is 325 g/mol. The number of nitrogens with zero attached hydrogens (tertiary/aromatic N) is 2. The van der Waals surface area contributed by atoms with Crippen molar-refractivity contribution in [3.8, 4) is 11.5 Å². The fraction of sp³-hybridized carbons (Fsp3) is 0.438. The molecule has 0 bridgehead atoms. The average molecular weight is 326 g/mol. The summed E-state index contributed by atoms with van der Waals surface area (Å²) in [6.45, 7) is 4.68. The molecule has 0 aliphatic heterocycles. The first-order chi connectivity index (χ1) is 10.3. The van der Waals surface area contributed by atoms with Crippen molar-refractivity contribution in [3.05, 3.63) is 41.7 Å². The fourth-order valence-electron chi connectivity index (χ4n) is 2.16. The van der Waals surface area contributed by atoms with E-state index in [9.17, 15) is 0 Å². The van der Waals surface area contributed by atoms with Crippen molar-refractivity contribution in [1.82, 2.24) is 15.1 Å². The second kappa shape index (κ2) is 9.33. The summed E-state index contributed by atoms with van der Waals surface area (Å²) >= 11 is 0. The van der Waals surface area contributed by atoms with Crippen LogP contribution in [0, 0.1) is 0 Å². The number of hydrogen-bond acceptors (Lipinski definition) is 4. The number of halogens is 1. The maximum atomic E-state index is 5.31. The van der Waals surface area contributed by atoms with Crippen LogP contribution in [0.1, 0.15) is 18.2 Å². The van der Waals surface area contributed by atoms with E-state index in [1.54, 1.807) is 14.2 Å². The molecule has 2 aromatic rings. The van der Waals surface area contributed by atoms with Gasteiger partial charge >= 0.3 is 0 Å². The molecule has 1 N–H and O–H groups in total. The number of ether oxygens (including phenoxy) is 2. The zero-order valence-electron chi connectivity index (χ0n) is 13.3. The lowest BCUT2D eigenvalue weighted by Crippen LogP contribution is -2.17. The van der Waals surface area contributed by atoms with Crippen molar-refractivity contribution in [3.63, 3.8) is 0 Å². The molecule has 0 saturated heterocycles. The molecule has 2 rings (SSSR count). The summed E-state index contributed by atoms with van der Waals surface area (Å²) < 4.78 is 12.5. The molecule has 0 atom stereocenters. The summed E-state index contributed by atoms with van der Waals surface area (Å²) in [6.07, 6.45) is 2.94. The van der Waals surface area contributed by atoms with Crippen LogP contribution in [0.2, 0.25) is 0 Å². The van der Waals surface area contributed by atoms with Gasteiger partial charge in [0.2, 0.25) is 0 Å². The van der Waals surface area contributed by atoms with Gasteiger partial charge in [0.1, 0.15) is 0 Å². The third-order valence-electron chi connectivity index (χ3n) is 3.36. The topological polar surface area (TPSA) is 48.3 Å². The van der Waals surface area contributed by atoms with Crippen LogP contribution in [0.15, 0.2) is 30.5 Å². The quantitative estimate of drug-likeness (QED) is 0.758. The molecule has 0 aliphatic rings. The van der Waals surface area contributed by atoms with Gasteiger partial charge in [-0.1, -0.05) is 6.07 Å². The Labute approximate surface area is 138 Å². The van der Waals surface area contributed by atoms with Gasteiger partial charge in [-0.2, -0.15) is 5.10 Å². The van der Waals surface area contributed by atoms with Gasteiger partial charge in [0.05, 0.1) is 19.9 Å². The standard InChI is InChI=1S/C16H23N3O2.ClH/c1-4-19-10-8-14(18-19)12-17-9-7-13-5-6-15(20-2)16(11-13)21-3;/h5-6,8,10-11,17H,4,7,9,12H2,1-3H3;1H. The Morgan fingerprint density at radius 1 is 1.14 bits per heavy atom. The number of hydrogen-bond donors (Lipinski definition) is 1. The summed E-state index contributed by atoms with van der Waals surface area (Å²) in [6, 6.07) is 8.07. The van der Waals surface area contributed by atoms with Crippen LogP contribution in [-0.4, -0.2) is 30.5 Å². The predicted molar refractivity (Wildman–Crippen MR) is 90.1 cm³/mol. The highest BCUT2D eigenvalue weighted by Gasteiger charge is 2.04. The number of rotatable bonds is 8. The molecule has 5 nitrogen and oxygen atoms in total. The largest absolute Gasteiger partial charge is 0.493 e. The normalized spacial score (nSPS) is 10.1. The zero-order chi connectivity index (χ0) is 15.1. The highest BCUT2D eigenvalue weighted by Crippen LogP contribution is 2.27. The average Bonchev–Trinajstić information content (AvgIpc) is 2.99. The Hall–Kier alpha value is -1.72. The van der Waals surface area contributed by atoms with Gasteiger partial charge in [-0.25, -0.2) is 0 Å². The van der Waals surface area contributed by atoms with E-state index in [-0.39, 0.29) is 12.4 Å². The minimum atomic E-state index is 0. The maximum Gasteiger partial charge on any atom is 0.160 e. The maximum absolute atomic E-state index is 5.31. The van der Waals surface area contributed by atoms with Crippen LogP contribution >= 0.6 is 12.4 Å². The minimum absolute atomic E-state index is 0. The number of aryl methyl sites for hydroxylation is 1. The van der Waals surface area contributed by atoms with Gasteiger partial charge in [-0.15, -0.1) is 12.4 Å². The Bertz CT molecular complexity index is 572. The van der Waals surface area contributed by atoms with E-state index in [4.69, 9.17) is 9.47 Å². The van der Waals surface area contributed by atoms with Crippen LogP contribution in [-0.2, 0) is 19.5 Å². The molecule has 0 saturated carbocycles. The first kappa shape index (κ1) is 18.3. The van der Waals surface area contributed by atoms with Gasteiger partial charge in [0.15, 0.2) is 11.5 Å². The summed E-state index contributed by atoms with van der Waals surface area (Å²) in [5.74, 6) is 1.54. The lowest BCUT2D eigenvalue weighted by atomic mass is 10.1. The minimum Gasteiger partial charge on any atom is -0.493 e. The van der Waals surface area contributed by atoms with Crippen LogP contribution < -0.4 is 14.8 Å². The van der Waals surface area contributed by atoms with Gasteiger partial charge in [0.25, 0.3) is 0 Å². The van der Waals surface area contributed by atoms with Gasteiger partial charge in [-0.3, -0.25) is 4.68 Å². The van der Waals surface area contributed by atoms with E-state index in [1.165, 1.54) is 5.56 Å². The molecule has 0 aliphatic carbocycles. The Morgan fingerprint density at radius 3 is 2.55 bits per heavy atom. The summed E-state index contributed by atoms with van der Waals surface area (Å²) in [7, 11) is 3.30. The first-order valence-electron chi connectivity index (χ1n) is 7.20. The molecular weight excluding hydrogens is 302 g/mol. The Kier molecular flexibility index (Phi) is 7.77. The molecule has 0 spiro atoms. The van der Waals surface area contributed by atoms with Crippen molar-refractivity contribution in [2.75, 3.05) is 20.8 Å². The predicted octanol–water partition coefficient (Wildman–Crippen LogP) is 2.67. The molecule has 0 radical (unpaired) electrons. The van der Waals surface area contributed by atoms with Crippen LogP contribution in [0.3, 0.4) is 0 Å². The Morgan fingerprint density at radius 2 is 1.91 bits per heavy atom. The van der Waals surface area contributed by atoms with Gasteiger partial charge in [0, 0.05) is 19.3 Å².